The zero-order valence-electron chi connectivity index (χ0n) is 30.7. The van der Waals surface area contributed by atoms with Crippen LogP contribution in [0.1, 0.15) is 46.4 Å². The fraction of sp³-hybridized carbons (Fsp3) is 0.300. The first-order chi connectivity index (χ1) is 26.1. The van der Waals surface area contributed by atoms with Gasteiger partial charge in [0.15, 0.2) is 11.6 Å². The van der Waals surface area contributed by atoms with E-state index < -0.39 is 29.9 Å². The zero-order valence-corrected chi connectivity index (χ0v) is 31.5. The maximum atomic E-state index is 14.7. The average Bonchev–Trinajstić information content (AvgIpc) is 3.31. The van der Waals surface area contributed by atoms with Crippen molar-refractivity contribution in [2.75, 3.05) is 41.5 Å². The number of ether oxygens (including phenoxy) is 4. The molecular weight excluding hydrogens is 716 g/mol. The number of oxime groups is 1. The minimum atomic E-state index is -1.06. The van der Waals surface area contributed by atoms with E-state index in [2.05, 4.69) is 10.5 Å². The molecule has 2 N–H and O–H groups in total. The van der Waals surface area contributed by atoms with Gasteiger partial charge >= 0.3 is 12.0 Å². The second kappa shape index (κ2) is 18.2. The highest BCUT2D eigenvalue weighted by Crippen LogP contribution is 2.36. The first kappa shape index (κ1) is 39.3. The lowest BCUT2D eigenvalue weighted by Crippen LogP contribution is -2.48. The van der Waals surface area contributed by atoms with Crippen LogP contribution in [-0.2, 0) is 17.8 Å². The lowest BCUT2D eigenvalue weighted by molar-refractivity contribution is -0.131. The summed E-state index contributed by atoms with van der Waals surface area (Å²) in [6.45, 7) is 1.87. The summed E-state index contributed by atoms with van der Waals surface area (Å²) < 4.78 is 22.6. The van der Waals surface area contributed by atoms with Crippen LogP contribution in [0.25, 0.3) is 0 Å². The van der Waals surface area contributed by atoms with Crippen molar-refractivity contribution >= 4 is 35.3 Å². The van der Waals surface area contributed by atoms with E-state index in [-0.39, 0.29) is 37.5 Å². The Labute approximate surface area is 319 Å². The highest BCUT2D eigenvalue weighted by atomic mass is 35.5. The number of imide groups is 1. The Morgan fingerprint density at radius 2 is 1.56 bits per heavy atom. The molecule has 54 heavy (non-hydrogen) atoms. The van der Waals surface area contributed by atoms with Gasteiger partial charge in [0, 0.05) is 23.7 Å². The first-order valence-electron chi connectivity index (χ1n) is 17.2. The second-order valence-corrected chi connectivity index (χ2v) is 12.9. The van der Waals surface area contributed by atoms with Gasteiger partial charge < -0.3 is 39.1 Å². The number of aromatic carboxylic acids is 1. The summed E-state index contributed by atoms with van der Waals surface area (Å²) in [5.41, 5.74) is 2.12. The van der Waals surface area contributed by atoms with Gasteiger partial charge in [-0.15, -0.1) is 0 Å². The number of halogens is 1. The SMILES string of the molecule is CC[C@@H](NC(=O)N1CC(=NOc2ccccc2)N(Cc2c(OC)cc(OC)cc2OC)C[C@@H](Cc2cc(Cl)ccc2OC)C1=O)c1ccc(C(=O)O)cc1. The van der Waals surface area contributed by atoms with E-state index in [1.54, 1.807) is 73.8 Å². The molecule has 0 spiro atoms. The van der Waals surface area contributed by atoms with Crippen LogP contribution in [0.15, 0.2) is 90.1 Å². The van der Waals surface area contributed by atoms with Gasteiger partial charge in [0.2, 0.25) is 5.91 Å². The standard InChI is InChI=1S/C40H43ClN4O9/c1-6-33(25-12-14-26(15-13-25)39(47)48)42-40(49)45-24-37(43-54-30-10-8-7-9-11-30)44(23-32-35(52-4)20-31(50-2)21-36(32)53-5)22-28(38(45)46)18-27-19-29(41)16-17-34(27)51-3/h7-17,19-21,28,33H,6,18,22-24H2,1-5H3,(H,42,49)(H,47,48)/t28-,33-/m1/s1. The Bertz CT molecular complexity index is 1950. The number of amidine groups is 1. The molecule has 3 amide bonds. The molecule has 0 aromatic heterocycles. The molecule has 5 rings (SSSR count). The van der Waals surface area contributed by atoms with Crippen LogP contribution in [0.4, 0.5) is 4.79 Å². The number of nitrogens with zero attached hydrogens (tertiary/aromatic N) is 3. The number of methoxy groups -OCH3 is 4. The second-order valence-electron chi connectivity index (χ2n) is 12.4. The summed E-state index contributed by atoms with van der Waals surface area (Å²) in [4.78, 5) is 49.3. The fourth-order valence-corrected chi connectivity index (χ4v) is 6.44. The highest BCUT2D eigenvalue weighted by Gasteiger charge is 2.38. The Balaban J connectivity index is 1.60. The summed E-state index contributed by atoms with van der Waals surface area (Å²) >= 11 is 6.42. The molecule has 1 aliphatic rings. The number of benzene rings is 4. The van der Waals surface area contributed by atoms with Gasteiger partial charge in [-0.1, -0.05) is 54.0 Å². The summed E-state index contributed by atoms with van der Waals surface area (Å²) in [7, 11) is 6.16. The molecule has 1 fully saturated rings. The molecule has 0 unspecified atom stereocenters. The lowest BCUT2D eigenvalue weighted by Gasteiger charge is -2.27. The number of para-hydroxylation sites is 1. The quantitative estimate of drug-likeness (QED) is 0.131. The van der Waals surface area contributed by atoms with Crippen molar-refractivity contribution in [1.29, 1.82) is 0 Å². The van der Waals surface area contributed by atoms with Crippen molar-refractivity contribution < 1.29 is 43.3 Å². The Morgan fingerprint density at radius 3 is 2.15 bits per heavy atom. The van der Waals surface area contributed by atoms with Gasteiger partial charge in [0.05, 0.1) is 64.6 Å². The minimum absolute atomic E-state index is 0.0987. The molecule has 4 aromatic carbocycles. The number of urea groups is 1. The molecule has 14 heteroatoms. The highest BCUT2D eigenvalue weighted by molar-refractivity contribution is 6.30. The molecule has 1 heterocycles. The number of carboxylic acid groups (broad SMARTS) is 1. The van der Waals surface area contributed by atoms with Gasteiger partial charge in [-0.25, -0.2) is 9.59 Å². The predicted octanol–water partition coefficient (Wildman–Crippen LogP) is 6.83. The lowest BCUT2D eigenvalue weighted by atomic mass is 9.96. The number of carbonyl (C=O) groups is 3. The fourth-order valence-electron chi connectivity index (χ4n) is 6.24. The van der Waals surface area contributed by atoms with E-state index in [1.807, 2.05) is 17.9 Å². The monoisotopic (exact) mass is 758 g/mol. The molecule has 0 bridgehead atoms. The van der Waals surface area contributed by atoms with Crippen molar-refractivity contribution in [2.24, 2.45) is 11.1 Å². The third-order valence-electron chi connectivity index (χ3n) is 9.11. The van der Waals surface area contributed by atoms with E-state index >= 15 is 0 Å². The summed E-state index contributed by atoms with van der Waals surface area (Å²) in [5, 5.41) is 17.4. The predicted molar refractivity (Wildman–Crippen MR) is 203 cm³/mol. The third kappa shape index (κ3) is 9.34. The summed E-state index contributed by atoms with van der Waals surface area (Å²) in [6, 6.07) is 22.6. The topological polar surface area (TPSA) is 148 Å². The number of carbonyl (C=O) groups excluding carboxylic acids is 2. The Morgan fingerprint density at radius 1 is 0.889 bits per heavy atom. The third-order valence-corrected chi connectivity index (χ3v) is 9.34. The van der Waals surface area contributed by atoms with Gasteiger partial charge in [-0.05, 0) is 66.4 Å². The normalized spacial score (nSPS) is 15.6. The van der Waals surface area contributed by atoms with E-state index in [0.717, 1.165) is 4.90 Å². The maximum Gasteiger partial charge on any atom is 0.335 e. The molecule has 0 saturated carbocycles. The number of nitrogens with one attached hydrogen (secondary N) is 1. The van der Waals surface area contributed by atoms with Gasteiger partial charge in [0.25, 0.3) is 0 Å². The van der Waals surface area contributed by atoms with Crippen molar-refractivity contribution in [1.82, 2.24) is 15.1 Å². The van der Waals surface area contributed by atoms with Crippen LogP contribution < -0.4 is 29.1 Å². The first-order valence-corrected chi connectivity index (χ1v) is 17.6. The van der Waals surface area contributed by atoms with Crippen molar-refractivity contribution in [2.45, 2.75) is 32.4 Å². The maximum absolute atomic E-state index is 14.7. The number of hydrogen-bond acceptors (Lipinski definition) is 9. The Kier molecular flexibility index (Phi) is 13.2. The smallest absolute Gasteiger partial charge is 0.335 e. The molecule has 2 atom stereocenters. The van der Waals surface area contributed by atoms with Crippen LogP contribution in [0.3, 0.4) is 0 Å². The van der Waals surface area contributed by atoms with Crippen LogP contribution in [-0.4, -0.2) is 80.2 Å². The van der Waals surface area contributed by atoms with E-state index in [4.69, 9.17) is 35.4 Å². The molecular formula is C40H43ClN4O9. The molecule has 1 saturated heterocycles. The zero-order chi connectivity index (χ0) is 38.8. The summed E-state index contributed by atoms with van der Waals surface area (Å²) in [5.74, 6) is 0.419. The van der Waals surface area contributed by atoms with Gasteiger partial charge in [0.1, 0.15) is 23.0 Å². The molecule has 13 nitrogen and oxygen atoms in total. The van der Waals surface area contributed by atoms with Crippen LogP contribution in [0.2, 0.25) is 5.02 Å². The van der Waals surface area contributed by atoms with Gasteiger partial charge in [-0.3, -0.25) is 9.69 Å². The number of carboxylic acids is 1. The average molecular weight is 759 g/mol. The van der Waals surface area contributed by atoms with E-state index in [1.165, 1.54) is 33.5 Å². The van der Waals surface area contributed by atoms with Gasteiger partial charge in [-0.2, -0.15) is 0 Å². The van der Waals surface area contributed by atoms with E-state index in [0.29, 0.717) is 56.9 Å². The van der Waals surface area contributed by atoms with Crippen LogP contribution >= 0.6 is 11.6 Å². The Hall–Kier alpha value is -5.95. The molecule has 284 valence electrons. The van der Waals surface area contributed by atoms with E-state index in [9.17, 15) is 19.5 Å². The largest absolute Gasteiger partial charge is 0.496 e. The molecule has 1 aliphatic heterocycles. The van der Waals surface area contributed by atoms with Crippen molar-refractivity contribution in [3.8, 4) is 28.7 Å². The molecule has 0 aliphatic carbocycles. The van der Waals surface area contributed by atoms with Crippen LogP contribution in [0.5, 0.6) is 28.7 Å². The molecule has 0 radical (unpaired) electrons. The van der Waals surface area contributed by atoms with Crippen molar-refractivity contribution in [3.63, 3.8) is 0 Å². The number of hydrogen-bond donors (Lipinski definition) is 2. The molecule has 4 aromatic rings. The minimum Gasteiger partial charge on any atom is -0.496 e. The number of rotatable bonds is 14. The van der Waals surface area contributed by atoms with Crippen LogP contribution in [0, 0.1) is 5.92 Å². The number of amides is 3. The summed E-state index contributed by atoms with van der Waals surface area (Å²) in [6.07, 6.45) is 0.630. The van der Waals surface area contributed by atoms with Crippen molar-refractivity contribution in [3.05, 3.63) is 112 Å².